The Bertz CT molecular complexity index is 977. The van der Waals surface area contributed by atoms with Gasteiger partial charge >= 0.3 is 0 Å². The molecule has 0 aliphatic carbocycles. The number of H-pyrrole nitrogens is 1. The number of nitrogens with zero attached hydrogens (tertiary/aromatic N) is 3. The maximum absolute atomic E-state index is 14.4. The summed E-state index contributed by atoms with van der Waals surface area (Å²) in [5.41, 5.74) is 1.71. The fourth-order valence-corrected chi connectivity index (χ4v) is 3.17. The molecule has 1 N–H and O–H groups in total. The molecule has 1 aromatic heterocycles. The maximum atomic E-state index is 14.4. The van der Waals surface area contributed by atoms with E-state index in [4.69, 9.17) is 0 Å². The third-order valence-electron chi connectivity index (χ3n) is 4.68. The quantitative estimate of drug-likeness (QED) is 0.780. The molecular formula is C19H19FN4O. The number of hydrogen-bond donors (Lipinski definition) is 1. The molecule has 0 saturated carbocycles. The number of fused-ring (bicyclic) bond motifs is 1. The standard InChI is InChI=1S/C19H19FN4O/c1-23-8-10-24(11-9-23)17-12-13(6-7-15(17)20)18-21-16-5-3-2-4-14(16)19(25)22-18/h2-7,12H,8-11H2,1H3,(H,21,22,25). The fraction of sp³-hybridized carbons (Fsp3) is 0.263. The van der Waals surface area contributed by atoms with Gasteiger partial charge in [-0.2, -0.15) is 0 Å². The minimum Gasteiger partial charge on any atom is -0.367 e. The SMILES string of the molecule is CN1CCN(c2cc(-c3nc4ccccc4c(=O)[nH]3)ccc2F)CC1. The van der Waals surface area contributed by atoms with Crippen LogP contribution in [0.3, 0.4) is 0 Å². The Morgan fingerprint density at radius 2 is 1.84 bits per heavy atom. The smallest absolute Gasteiger partial charge is 0.259 e. The molecule has 0 atom stereocenters. The zero-order valence-electron chi connectivity index (χ0n) is 14.0. The van der Waals surface area contributed by atoms with Crippen LogP contribution in [0, 0.1) is 5.82 Å². The molecular weight excluding hydrogens is 319 g/mol. The summed E-state index contributed by atoms with van der Waals surface area (Å²) in [6.45, 7) is 3.35. The van der Waals surface area contributed by atoms with Crippen LogP contribution < -0.4 is 10.5 Å². The molecule has 0 unspecified atom stereocenters. The summed E-state index contributed by atoms with van der Waals surface area (Å²) < 4.78 is 14.4. The van der Waals surface area contributed by atoms with E-state index >= 15 is 0 Å². The number of para-hydroxylation sites is 1. The van der Waals surface area contributed by atoms with E-state index in [1.165, 1.54) is 6.07 Å². The van der Waals surface area contributed by atoms with Crippen molar-refractivity contribution in [1.82, 2.24) is 14.9 Å². The number of aromatic nitrogens is 2. The van der Waals surface area contributed by atoms with Gasteiger partial charge < -0.3 is 14.8 Å². The molecule has 1 aliphatic rings. The first-order valence-corrected chi connectivity index (χ1v) is 8.34. The first kappa shape index (κ1) is 15.8. The van der Waals surface area contributed by atoms with Gasteiger partial charge in [-0.15, -0.1) is 0 Å². The highest BCUT2D eigenvalue weighted by Crippen LogP contribution is 2.26. The van der Waals surface area contributed by atoms with Crippen LogP contribution in [0.1, 0.15) is 0 Å². The molecule has 0 bridgehead atoms. The minimum absolute atomic E-state index is 0.189. The number of halogens is 1. The molecule has 0 amide bonds. The highest BCUT2D eigenvalue weighted by molar-refractivity contribution is 5.79. The summed E-state index contributed by atoms with van der Waals surface area (Å²) in [6.07, 6.45) is 0. The summed E-state index contributed by atoms with van der Waals surface area (Å²) in [6, 6.07) is 12.1. The summed E-state index contributed by atoms with van der Waals surface area (Å²) in [7, 11) is 2.06. The van der Waals surface area contributed by atoms with Crippen molar-refractivity contribution in [2.75, 3.05) is 38.1 Å². The number of hydrogen-bond acceptors (Lipinski definition) is 4. The predicted molar refractivity (Wildman–Crippen MR) is 97.5 cm³/mol. The highest BCUT2D eigenvalue weighted by atomic mass is 19.1. The lowest BCUT2D eigenvalue weighted by Crippen LogP contribution is -2.44. The Labute approximate surface area is 144 Å². The van der Waals surface area contributed by atoms with Crippen molar-refractivity contribution in [1.29, 1.82) is 0 Å². The molecule has 6 heteroatoms. The second-order valence-electron chi connectivity index (χ2n) is 6.39. The van der Waals surface area contributed by atoms with Gasteiger partial charge in [-0.05, 0) is 37.4 Å². The van der Waals surface area contributed by atoms with Crippen molar-refractivity contribution in [2.24, 2.45) is 0 Å². The number of piperazine rings is 1. The maximum Gasteiger partial charge on any atom is 0.259 e. The van der Waals surface area contributed by atoms with Crippen LogP contribution in [0.5, 0.6) is 0 Å². The van der Waals surface area contributed by atoms with E-state index in [0.717, 1.165) is 26.2 Å². The summed E-state index contributed by atoms with van der Waals surface area (Å²) in [5, 5.41) is 0.549. The molecule has 4 rings (SSSR count). The van der Waals surface area contributed by atoms with E-state index in [9.17, 15) is 9.18 Å². The van der Waals surface area contributed by atoms with Crippen molar-refractivity contribution < 1.29 is 4.39 Å². The number of aromatic amines is 1. The van der Waals surface area contributed by atoms with Crippen molar-refractivity contribution in [2.45, 2.75) is 0 Å². The van der Waals surface area contributed by atoms with Gasteiger partial charge in [0.15, 0.2) is 0 Å². The van der Waals surface area contributed by atoms with E-state index in [1.54, 1.807) is 24.3 Å². The van der Waals surface area contributed by atoms with Crippen LogP contribution in [0.4, 0.5) is 10.1 Å². The van der Waals surface area contributed by atoms with Crippen molar-refractivity contribution >= 4 is 16.6 Å². The number of likely N-dealkylation sites (N-methyl/N-ethyl adjacent to an activating group) is 1. The lowest BCUT2D eigenvalue weighted by Gasteiger charge is -2.34. The van der Waals surface area contributed by atoms with Crippen LogP contribution in [-0.4, -0.2) is 48.1 Å². The van der Waals surface area contributed by atoms with Gasteiger partial charge in [-0.3, -0.25) is 4.79 Å². The second-order valence-corrected chi connectivity index (χ2v) is 6.39. The monoisotopic (exact) mass is 338 g/mol. The number of anilines is 1. The van der Waals surface area contributed by atoms with Crippen LogP contribution in [0.2, 0.25) is 0 Å². The molecule has 5 nitrogen and oxygen atoms in total. The summed E-state index contributed by atoms with van der Waals surface area (Å²) in [5.74, 6) is 0.204. The highest BCUT2D eigenvalue weighted by Gasteiger charge is 2.18. The molecule has 128 valence electrons. The Morgan fingerprint density at radius 3 is 2.64 bits per heavy atom. The second kappa shape index (κ2) is 6.29. The molecule has 1 saturated heterocycles. The van der Waals surface area contributed by atoms with Crippen molar-refractivity contribution in [3.05, 3.63) is 58.6 Å². The Kier molecular flexibility index (Phi) is 3.97. The Balaban J connectivity index is 1.76. The van der Waals surface area contributed by atoms with Crippen LogP contribution in [-0.2, 0) is 0 Å². The average molecular weight is 338 g/mol. The van der Waals surface area contributed by atoms with Crippen LogP contribution in [0.15, 0.2) is 47.3 Å². The van der Waals surface area contributed by atoms with Gasteiger partial charge in [-0.25, -0.2) is 9.37 Å². The average Bonchev–Trinajstić information content (AvgIpc) is 2.63. The van der Waals surface area contributed by atoms with Gasteiger partial charge in [-0.1, -0.05) is 12.1 Å². The lowest BCUT2D eigenvalue weighted by molar-refractivity contribution is 0.311. The number of rotatable bonds is 2. The topological polar surface area (TPSA) is 52.2 Å². The van der Waals surface area contributed by atoms with E-state index < -0.39 is 0 Å². The van der Waals surface area contributed by atoms with E-state index in [-0.39, 0.29) is 11.4 Å². The van der Waals surface area contributed by atoms with Crippen LogP contribution in [0.25, 0.3) is 22.3 Å². The molecule has 25 heavy (non-hydrogen) atoms. The molecule has 1 aliphatic heterocycles. The summed E-state index contributed by atoms with van der Waals surface area (Å²) in [4.78, 5) is 23.9. The fourth-order valence-electron chi connectivity index (χ4n) is 3.17. The lowest BCUT2D eigenvalue weighted by atomic mass is 10.1. The third-order valence-corrected chi connectivity index (χ3v) is 4.68. The Hall–Kier alpha value is -2.73. The van der Waals surface area contributed by atoms with Gasteiger partial charge in [0.1, 0.15) is 11.6 Å². The molecule has 0 radical (unpaired) electrons. The third kappa shape index (κ3) is 3.00. The number of benzene rings is 2. The largest absolute Gasteiger partial charge is 0.367 e. The molecule has 3 aromatic rings. The molecule has 2 heterocycles. The zero-order chi connectivity index (χ0) is 17.4. The van der Waals surface area contributed by atoms with Crippen molar-refractivity contribution in [3.8, 4) is 11.4 Å². The zero-order valence-corrected chi connectivity index (χ0v) is 14.0. The molecule has 0 spiro atoms. The van der Waals surface area contributed by atoms with Crippen molar-refractivity contribution in [3.63, 3.8) is 0 Å². The van der Waals surface area contributed by atoms with Gasteiger partial charge in [0.25, 0.3) is 5.56 Å². The Morgan fingerprint density at radius 1 is 1.08 bits per heavy atom. The predicted octanol–water partition coefficient (Wildman–Crippen LogP) is 2.48. The van der Waals surface area contributed by atoms with Gasteiger partial charge in [0.05, 0.1) is 16.6 Å². The molecule has 1 fully saturated rings. The number of nitrogens with one attached hydrogen (secondary N) is 1. The van der Waals surface area contributed by atoms with Gasteiger partial charge in [0, 0.05) is 31.7 Å². The van der Waals surface area contributed by atoms with E-state index in [1.807, 2.05) is 17.0 Å². The first-order chi connectivity index (χ1) is 12.1. The minimum atomic E-state index is -0.253. The van der Waals surface area contributed by atoms with E-state index in [2.05, 4.69) is 21.9 Å². The molecule has 2 aromatic carbocycles. The van der Waals surface area contributed by atoms with Gasteiger partial charge in [0.2, 0.25) is 0 Å². The normalized spacial score (nSPS) is 15.7. The first-order valence-electron chi connectivity index (χ1n) is 8.34. The van der Waals surface area contributed by atoms with Crippen LogP contribution >= 0.6 is 0 Å². The summed E-state index contributed by atoms with van der Waals surface area (Å²) >= 11 is 0. The van der Waals surface area contributed by atoms with E-state index in [0.29, 0.717) is 28.0 Å².